The molecule has 0 bridgehead atoms. The Morgan fingerprint density at radius 1 is 1.47 bits per heavy atom. The van der Waals surface area contributed by atoms with Crippen molar-refractivity contribution in [2.45, 2.75) is 29.1 Å². The Kier molecular flexibility index (Phi) is 3.81. The molecule has 90 valence electrons. The molecule has 5 heteroatoms. The quantitative estimate of drug-likeness (QED) is 0.921. The molecular formula is C12H13FN2S2. The second-order valence-corrected chi connectivity index (χ2v) is 5.97. The molecule has 2 rings (SSSR count). The van der Waals surface area contributed by atoms with Crippen LogP contribution in [0, 0.1) is 12.7 Å². The minimum absolute atomic E-state index is 0.186. The molecule has 2 nitrogen and oxygen atoms in total. The van der Waals surface area contributed by atoms with Gasteiger partial charge in [0.2, 0.25) is 0 Å². The Balaban J connectivity index is 2.32. The molecule has 0 radical (unpaired) electrons. The van der Waals surface area contributed by atoms with Crippen molar-refractivity contribution in [3.63, 3.8) is 0 Å². The van der Waals surface area contributed by atoms with Crippen LogP contribution in [0.15, 0.2) is 32.8 Å². The molecule has 0 fully saturated rings. The standard InChI is InChI=1S/C12H13FN2S2/c1-7-6-16-12(15-7)17-11-4-3-9(13)5-10(11)8(2)14/h3-6,8H,14H2,1-2H3/t8-/m0/s1. The third kappa shape index (κ3) is 3.06. The highest BCUT2D eigenvalue weighted by Gasteiger charge is 2.11. The van der Waals surface area contributed by atoms with Crippen molar-refractivity contribution in [3.05, 3.63) is 40.7 Å². The van der Waals surface area contributed by atoms with E-state index in [0.717, 1.165) is 20.5 Å². The average Bonchev–Trinajstić information content (AvgIpc) is 2.66. The molecule has 0 amide bonds. The summed E-state index contributed by atoms with van der Waals surface area (Å²) in [5.41, 5.74) is 7.67. The number of hydrogen-bond acceptors (Lipinski definition) is 4. The van der Waals surface area contributed by atoms with Crippen molar-refractivity contribution in [1.29, 1.82) is 0 Å². The molecule has 2 aromatic rings. The smallest absolute Gasteiger partial charge is 0.154 e. The first kappa shape index (κ1) is 12.5. The van der Waals surface area contributed by atoms with Crippen LogP contribution in [-0.4, -0.2) is 4.98 Å². The van der Waals surface area contributed by atoms with E-state index in [2.05, 4.69) is 4.98 Å². The first-order valence-corrected chi connectivity index (χ1v) is 6.91. The number of hydrogen-bond donors (Lipinski definition) is 1. The van der Waals surface area contributed by atoms with Crippen molar-refractivity contribution in [1.82, 2.24) is 4.98 Å². The summed E-state index contributed by atoms with van der Waals surface area (Å²) in [5.74, 6) is -0.253. The summed E-state index contributed by atoms with van der Waals surface area (Å²) in [5, 5.41) is 2.00. The van der Waals surface area contributed by atoms with Gasteiger partial charge in [-0.25, -0.2) is 9.37 Å². The highest BCUT2D eigenvalue weighted by molar-refractivity contribution is 8.01. The summed E-state index contributed by atoms with van der Waals surface area (Å²) < 4.78 is 14.1. The van der Waals surface area contributed by atoms with Gasteiger partial charge in [-0.2, -0.15) is 0 Å². The van der Waals surface area contributed by atoms with Crippen molar-refractivity contribution in [2.24, 2.45) is 5.73 Å². The Morgan fingerprint density at radius 3 is 2.82 bits per heavy atom. The predicted octanol–water partition coefficient (Wildman–Crippen LogP) is 3.76. The Hall–Kier alpha value is -0.910. The van der Waals surface area contributed by atoms with Crippen LogP contribution < -0.4 is 5.73 Å². The van der Waals surface area contributed by atoms with E-state index in [1.165, 1.54) is 23.9 Å². The number of benzene rings is 1. The van der Waals surface area contributed by atoms with Crippen molar-refractivity contribution < 1.29 is 4.39 Å². The van der Waals surface area contributed by atoms with Crippen LogP contribution in [-0.2, 0) is 0 Å². The van der Waals surface area contributed by atoms with Gasteiger partial charge in [0, 0.05) is 22.0 Å². The van der Waals surface area contributed by atoms with Gasteiger partial charge in [0.15, 0.2) is 4.34 Å². The van der Waals surface area contributed by atoms with Crippen LogP contribution in [0.5, 0.6) is 0 Å². The predicted molar refractivity (Wildman–Crippen MR) is 70.0 cm³/mol. The largest absolute Gasteiger partial charge is 0.324 e. The zero-order chi connectivity index (χ0) is 12.4. The molecule has 0 saturated carbocycles. The van der Waals surface area contributed by atoms with E-state index >= 15 is 0 Å². The van der Waals surface area contributed by atoms with Gasteiger partial charge in [-0.3, -0.25) is 0 Å². The molecule has 0 aliphatic rings. The van der Waals surface area contributed by atoms with E-state index in [9.17, 15) is 4.39 Å². The fourth-order valence-electron chi connectivity index (χ4n) is 1.44. The first-order chi connectivity index (χ1) is 8.06. The summed E-state index contributed by atoms with van der Waals surface area (Å²) in [6.07, 6.45) is 0. The molecule has 2 N–H and O–H groups in total. The lowest BCUT2D eigenvalue weighted by atomic mass is 10.1. The number of thiazole rings is 1. The molecular weight excluding hydrogens is 255 g/mol. The van der Waals surface area contributed by atoms with Gasteiger partial charge in [0.05, 0.1) is 0 Å². The number of nitrogens with zero attached hydrogens (tertiary/aromatic N) is 1. The zero-order valence-electron chi connectivity index (χ0n) is 9.61. The number of rotatable bonds is 3. The van der Waals surface area contributed by atoms with Crippen LogP contribution in [0.2, 0.25) is 0 Å². The lowest BCUT2D eigenvalue weighted by Crippen LogP contribution is -2.06. The van der Waals surface area contributed by atoms with Gasteiger partial charge in [-0.1, -0.05) is 11.8 Å². The van der Waals surface area contributed by atoms with Crippen LogP contribution in [0.1, 0.15) is 24.2 Å². The van der Waals surface area contributed by atoms with E-state index in [4.69, 9.17) is 5.73 Å². The minimum atomic E-state index is -0.253. The average molecular weight is 268 g/mol. The zero-order valence-corrected chi connectivity index (χ0v) is 11.2. The SMILES string of the molecule is Cc1csc(Sc2ccc(F)cc2[C@H](C)N)n1. The fraction of sp³-hybridized carbons (Fsp3) is 0.250. The van der Waals surface area contributed by atoms with Gasteiger partial charge in [0.1, 0.15) is 5.82 Å². The maximum Gasteiger partial charge on any atom is 0.154 e. The van der Waals surface area contributed by atoms with Crippen LogP contribution in [0.4, 0.5) is 4.39 Å². The number of nitrogens with two attached hydrogens (primary N) is 1. The molecule has 0 aliphatic heterocycles. The summed E-state index contributed by atoms with van der Waals surface area (Å²) in [6, 6.07) is 4.52. The van der Waals surface area contributed by atoms with E-state index < -0.39 is 0 Å². The molecule has 0 aliphatic carbocycles. The lowest BCUT2D eigenvalue weighted by Gasteiger charge is -2.11. The topological polar surface area (TPSA) is 38.9 Å². The third-order valence-electron chi connectivity index (χ3n) is 2.26. The molecule has 0 unspecified atom stereocenters. The molecule has 1 heterocycles. The van der Waals surface area contributed by atoms with Gasteiger partial charge in [-0.15, -0.1) is 11.3 Å². The van der Waals surface area contributed by atoms with Gasteiger partial charge < -0.3 is 5.73 Å². The van der Waals surface area contributed by atoms with E-state index in [-0.39, 0.29) is 11.9 Å². The van der Waals surface area contributed by atoms with Crippen molar-refractivity contribution in [3.8, 4) is 0 Å². The Labute approximate surface area is 108 Å². The molecule has 0 spiro atoms. The third-order valence-corrected chi connectivity index (χ3v) is 4.41. The molecule has 0 saturated heterocycles. The molecule has 1 atom stereocenters. The number of aromatic nitrogens is 1. The van der Waals surface area contributed by atoms with Gasteiger partial charge in [0.25, 0.3) is 0 Å². The molecule has 1 aromatic heterocycles. The summed E-state index contributed by atoms with van der Waals surface area (Å²) in [6.45, 7) is 3.81. The summed E-state index contributed by atoms with van der Waals surface area (Å²) in [4.78, 5) is 5.34. The van der Waals surface area contributed by atoms with Crippen LogP contribution in [0.25, 0.3) is 0 Å². The van der Waals surface area contributed by atoms with Crippen LogP contribution in [0.3, 0.4) is 0 Å². The van der Waals surface area contributed by atoms with Crippen molar-refractivity contribution in [2.75, 3.05) is 0 Å². The van der Waals surface area contributed by atoms with Crippen LogP contribution >= 0.6 is 23.1 Å². The molecule has 17 heavy (non-hydrogen) atoms. The second-order valence-electron chi connectivity index (χ2n) is 3.83. The fourth-order valence-corrected chi connectivity index (χ4v) is 3.44. The summed E-state index contributed by atoms with van der Waals surface area (Å²) >= 11 is 3.12. The van der Waals surface area contributed by atoms with E-state index in [1.54, 1.807) is 17.4 Å². The highest BCUT2D eigenvalue weighted by Crippen LogP contribution is 2.34. The highest BCUT2D eigenvalue weighted by atomic mass is 32.2. The maximum atomic E-state index is 13.2. The van der Waals surface area contributed by atoms with E-state index in [1.807, 2.05) is 19.2 Å². The number of aryl methyl sites for hydroxylation is 1. The van der Waals surface area contributed by atoms with E-state index in [0.29, 0.717) is 0 Å². The van der Waals surface area contributed by atoms with Crippen molar-refractivity contribution >= 4 is 23.1 Å². The van der Waals surface area contributed by atoms with Gasteiger partial charge in [-0.05, 0) is 37.6 Å². The monoisotopic (exact) mass is 268 g/mol. The summed E-state index contributed by atoms with van der Waals surface area (Å²) in [7, 11) is 0. The Bertz CT molecular complexity index is 523. The maximum absolute atomic E-state index is 13.2. The molecule has 1 aromatic carbocycles. The second kappa shape index (κ2) is 5.16. The van der Waals surface area contributed by atoms with Gasteiger partial charge >= 0.3 is 0 Å². The normalized spacial score (nSPS) is 12.7. The minimum Gasteiger partial charge on any atom is -0.324 e. The number of halogens is 1. The first-order valence-electron chi connectivity index (χ1n) is 5.21. The lowest BCUT2D eigenvalue weighted by molar-refractivity contribution is 0.619. The Morgan fingerprint density at radius 2 is 2.24 bits per heavy atom.